The minimum absolute atomic E-state index is 0.0173. The molecule has 5 rings (SSSR count). The number of nitrogens with one attached hydrogen (secondary N) is 1. The Kier molecular flexibility index (Phi) is 7.13. The summed E-state index contributed by atoms with van der Waals surface area (Å²) in [6.45, 7) is 2.92. The Morgan fingerprint density at radius 2 is 1.33 bits per heavy atom. The van der Waals surface area contributed by atoms with Crippen LogP contribution in [0.3, 0.4) is 0 Å². The maximum Gasteiger partial charge on any atom is 0.326 e. The highest BCUT2D eigenvalue weighted by Gasteiger charge is 2.20. The van der Waals surface area contributed by atoms with Gasteiger partial charge in [-0.3, -0.25) is 4.90 Å². The number of carbonyl (C=O) groups is 1. The average Bonchev–Trinajstić information content (AvgIpc) is 3.27. The third-order valence-corrected chi connectivity index (χ3v) is 6.52. The van der Waals surface area contributed by atoms with Crippen molar-refractivity contribution in [3.63, 3.8) is 0 Å². The van der Waals surface area contributed by atoms with Gasteiger partial charge in [0.1, 0.15) is 0 Å². The van der Waals surface area contributed by atoms with E-state index in [2.05, 4.69) is 77.6 Å². The summed E-state index contributed by atoms with van der Waals surface area (Å²) in [5, 5.41) is 4.50. The number of amides is 2. The maximum atomic E-state index is 13.4. The maximum absolute atomic E-state index is 13.4. The van der Waals surface area contributed by atoms with Crippen LogP contribution >= 0.6 is 0 Å². The summed E-state index contributed by atoms with van der Waals surface area (Å²) in [5.74, 6) is 0. The van der Waals surface area contributed by atoms with Gasteiger partial charge in [-0.1, -0.05) is 84.9 Å². The van der Waals surface area contributed by atoms with Gasteiger partial charge in [-0.25, -0.2) is 4.79 Å². The summed E-state index contributed by atoms with van der Waals surface area (Å²) in [6, 6.07) is 38.6. The van der Waals surface area contributed by atoms with E-state index in [0.29, 0.717) is 0 Å². The lowest BCUT2D eigenvalue weighted by molar-refractivity contribution is 0.245. The van der Waals surface area contributed by atoms with E-state index in [1.165, 1.54) is 22.0 Å². The van der Waals surface area contributed by atoms with Crippen molar-refractivity contribution in [2.45, 2.75) is 32.4 Å². The van der Waals surface area contributed by atoms with E-state index in [1.807, 2.05) is 60.7 Å². The molecule has 0 saturated heterocycles. The summed E-state index contributed by atoms with van der Waals surface area (Å²) < 4.78 is 2.33. The number of urea groups is 1. The lowest BCUT2D eigenvalue weighted by Crippen LogP contribution is -2.41. The summed E-state index contributed by atoms with van der Waals surface area (Å²) >= 11 is 0. The molecule has 1 N–H and O–H groups in total. The lowest BCUT2D eigenvalue weighted by Gasteiger charge is -2.25. The molecule has 4 aromatic carbocycles. The summed E-state index contributed by atoms with van der Waals surface area (Å²) in [4.78, 5) is 15.1. The fourth-order valence-electron chi connectivity index (χ4n) is 4.69. The molecular weight excluding hydrogens is 442 g/mol. The van der Waals surface area contributed by atoms with Gasteiger partial charge < -0.3 is 9.88 Å². The zero-order valence-corrected chi connectivity index (χ0v) is 20.5. The van der Waals surface area contributed by atoms with Crippen LogP contribution in [0.15, 0.2) is 121 Å². The number of anilines is 2. The molecule has 0 radical (unpaired) electrons. The van der Waals surface area contributed by atoms with Gasteiger partial charge in [0, 0.05) is 29.7 Å². The van der Waals surface area contributed by atoms with Crippen molar-refractivity contribution in [2.75, 3.05) is 4.90 Å². The molecule has 0 aliphatic carbocycles. The Hall–Kier alpha value is -4.31. The molecule has 0 unspecified atom stereocenters. The zero-order valence-electron chi connectivity index (χ0n) is 20.5. The number of nitrogens with zero attached hydrogens (tertiary/aromatic N) is 2. The van der Waals surface area contributed by atoms with Crippen molar-refractivity contribution in [3.8, 4) is 0 Å². The first-order valence-electron chi connectivity index (χ1n) is 12.5. The minimum Gasteiger partial charge on any atom is -0.343 e. The number of benzene rings is 4. The number of aryl methyl sites for hydroxylation is 1. The molecule has 5 aromatic rings. The molecule has 4 heteroatoms. The first kappa shape index (κ1) is 23.4. The van der Waals surface area contributed by atoms with E-state index in [-0.39, 0.29) is 12.1 Å². The highest BCUT2D eigenvalue weighted by molar-refractivity contribution is 5.99. The molecule has 0 fully saturated rings. The topological polar surface area (TPSA) is 37.3 Å². The van der Waals surface area contributed by atoms with E-state index in [4.69, 9.17) is 0 Å². The molecule has 0 bridgehead atoms. The fourth-order valence-corrected chi connectivity index (χ4v) is 4.69. The molecule has 0 aliphatic rings. The largest absolute Gasteiger partial charge is 0.343 e. The van der Waals surface area contributed by atoms with Crippen molar-refractivity contribution in [1.82, 2.24) is 9.88 Å². The summed E-state index contributed by atoms with van der Waals surface area (Å²) in [5.41, 5.74) is 5.53. The number of hydrogen-bond donors (Lipinski definition) is 1. The van der Waals surface area contributed by atoms with Crippen LogP contribution < -0.4 is 10.2 Å². The molecular formula is C32H31N3O. The van der Waals surface area contributed by atoms with Crippen molar-refractivity contribution in [2.24, 2.45) is 0 Å². The van der Waals surface area contributed by atoms with E-state index >= 15 is 0 Å². The lowest BCUT2D eigenvalue weighted by atomic mass is 10.1. The first-order valence-corrected chi connectivity index (χ1v) is 12.5. The Morgan fingerprint density at radius 3 is 1.97 bits per heavy atom. The van der Waals surface area contributed by atoms with Gasteiger partial charge >= 0.3 is 6.03 Å². The highest BCUT2D eigenvalue weighted by Crippen LogP contribution is 2.26. The molecule has 1 atom stereocenters. The molecule has 0 saturated carbocycles. The van der Waals surface area contributed by atoms with E-state index in [1.54, 1.807) is 4.90 Å². The number of carbonyl (C=O) groups excluding carboxylic acids is 1. The number of fused-ring (bicyclic) bond motifs is 1. The van der Waals surface area contributed by atoms with Crippen LogP contribution in [-0.2, 0) is 13.0 Å². The monoisotopic (exact) mass is 473 g/mol. The second kappa shape index (κ2) is 11.0. The predicted molar refractivity (Wildman–Crippen MR) is 149 cm³/mol. The fraction of sp³-hybridized carbons (Fsp3) is 0.156. The van der Waals surface area contributed by atoms with E-state index < -0.39 is 0 Å². The summed E-state index contributed by atoms with van der Waals surface area (Å²) in [6.07, 6.45) is 4.01. The number of rotatable bonds is 8. The molecule has 36 heavy (non-hydrogen) atoms. The predicted octanol–water partition coefficient (Wildman–Crippen LogP) is 7.56. The Bertz CT molecular complexity index is 1370. The average molecular weight is 474 g/mol. The number of para-hydroxylation sites is 3. The first-order chi connectivity index (χ1) is 17.7. The molecule has 0 aliphatic heterocycles. The molecule has 1 aromatic heterocycles. The molecule has 180 valence electrons. The SMILES string of the molecule is C[C@@H](CCc1cn(Cc2ccccc2)c2ccccc12)NC(=O)N(c1ccccc1)c1ccccc1. The number of aromatic nitrogens is 1. The zero-order chi connectivity index (χ0) is 24.7. The van der Waals surface area contributed by atoms with Crippen LogP contribution in [0, 0.1) is 0 Å². The van der Waals surface area contributed by atoms with Crippen molar-refractivity contribution in [3.05, 3.63) is 133 Å². The van der Waals surface area contributed by atoms with Crippen LogP contribution in [0.5, 0.6) is 0 Å². The van der Waals surface area contributed by atoms with Crippen molar-refractivity contribution >= 4 is 28.3 Å². The van der Waals surface area contributed by atoms with Gasteiger partial charge in [0.05, 0.1) is 11.4 Å². The van der Waals surface area contributed by atoms with Crippen LogP contribution in [0.2, 0.25) is 0 Å². The number of hydrogen-bond acceptors (Lipinski definition) is 1. The van der Waals surface area contributed by atoms with Crippen molar-refractivity contribution < 1.29 is 4.79 Å². The van der Waals surface area contributed by atoms with Crippen LogP contribution in [0.4, 0.5) is 16.2 Å². The normalized spacial score (nSPS) is 11.8. The smallest absolute Gasteiger partial charge is 0.326 e. The van der Waals surface area contributed by atoms with Crippen LogP contribution in [0.25, 0.3) is 10.9 Å². The summed E-state index contributed by atoms with van der Waals surface area (Å²) in [7, 11) is 0. The van der Waals surface area contributed by atoms with Gasteiger partial charge in [-0.2, -0.15) is 0 Å². The van der Waals surface area contributed by atoms with Crippen LogP contribution in [-0.4, -0.2) is 16.6 Å². The second-order valence-corrected chi connectivity index (χ2v) is 9.18. The Labute approximate surface area is 212 Å². The van der Waals surface area contributed by atoms with E-state index in [9.17, 15) is 4.79 Å². The standard InChI is InChI=1S/C32H31N3O/c1-25(33-32(36)35(28-15-7-3-8-16-28)29-17-9-4-10-18-29)21-22-27-24-34(23-26-13-5-2-6-14-26)31-20-12-11-19-30(27)31/h2-20,24-25H,21-23H2,1H3,(H,33,36)/t25-/m0/s1. The Morgan fingerprint density at radius 1 is 0.778 bits per heavy atom. The minimum atomic E-state index is -0.119. The molecule has 1 heterocycles. The van der Waals surface area contributed by atoms with Gasteiger partial charge in [0.25, 0.3) is 0 Å². The van der Waals surface area contributed by atoms with Crippen LogP contribution in [0.1, 0.15) is 24.5 Å². The van der Waals surface area contributed by atoms with E-state index in [0.717, 1.165) is 30.8 Å². The van der Waals surface area contributed by atoms with Crippen molar-refractivity contribution in [1.29, 1.82) is 0 Å². The van der Waals surface area contributed by atoms with Gasteiger partial charge in [-0.15, -0.1) is 0 Å². The quantitative estimate of drug-likeness (QED) is 0.248. The molecule has 0 spiro atoms. The molecule has 2 amide bonds. The second-order valence-electron chi connectivity index (χ2n) is 9.18. The third-order valence-electron chi connectivity index (χ3n) is 6.52. The van der Waals surface area contributed by atoms with Gasteiger partial charge in [0.2, 0.25) is 0 Å². The molecule has 4 nitrogen and oxygen atoms in total. The van der Waals surface area contributed by atoms with Gasteiger partial charge in [-0.05, 0) is 61.2 Å². The van der Waals surface area contributed by atoms with Gasteiger partial charge in [0.15, 0.2) is 0 Å². The highest BCUT2D eigenvalue weighted by atomic mass is 16.2. The third kappa shape index (κ3) is 5.33. The Balaban J connectivity index is 1.30.